The molecule has 0 amide bonds. The summed E-state index contributed by atoms with van der Waals surface area (Å²) in [5, 5.41) is 0. The Labute approximate surface area is 91.7 Å². The molecule has 0 unspecified atom stereocenters. The van der Waals surface area contributed by atoms with Gasteiger partial charge in [0.1, 0.15) is 0 Å². The van der Waals surface area contributed by atoms with Gasteiger partial charge in [-0.15, -0.1) is 0 Å². The summed E-state index contributed by atoms with van der Waals surface area (Å²) in [7, 11) is 2.18. The summed E-state index contributed by atoms with van der Waals surface area (Å²) < 4.78 is 0. The fraction of sp³-hybridized carbons (Fsp3) is 0.583. The quantitative estimate of drug-likeness (QED) is 0.721. The zero-order valence-corrected chi connectivity index (χ0v) is 9.61. The maximum absolute atomic E-state index is 4.53. The SMILES string of the molecule is Cc1cccc(CN2CCN(C)CC2)n1. The van der Waals surface area contributed by atoms with Crippen molar-refractivity contribution in [2.75, 3.05) is 33.2 Å². The van der Waals surface area contributed by atoms with Gasteiger partial charge in [0.15, 0.2) is 0 Å². The normalized spacial score (nSPS) is 19.3. The number of hydrogen-bond acceptors (Lipinski definition) is 3. The van der Waals surface area contributed by atoms with Crippen LogP contribution in [0.1, 0.15) is 11.4 Å². The van der Waals surface area contributed by atoms with Crippen LogP contribution in [0.2, 0.25) is 0 Å². The molecule has 0 spiro atoms. The van der Waals surface area contributed by atoms with Crippen LogP contribution in [-0.2, 0) is 6.54 Å². The molecule has 15 heavy (non-hydrogen) atoms. The molecule has 0 saturated carbocycles. The highest BCUT2D eigenvalue weighted by Crippen LogP contribution is 2.06. The number of aryl methyl sites for hydroxylation is 1. The van der Waals surface area contributed by atoms with Crippen LogP contribution < -0.4 is 0 Å². The summed E-state index contributed by atoms with van der Waals surface area (Å²) in [4.78, 5) is 9.38. The topological polar surface area (TPSA) is 19.4 Å². The molecule has 1 aliphatic heterocycles. The van der Waals surface area contributed by atoms with Crippen LogP contribution in [0.15, 0.2) is 18.2 Å². The van der Waals surface area contributed by atoms with E-state index in [1.807, 2.05) is 13.0 Å². The molecule has 0 aromatic carbocycles. The molecular formula is C12H19N3. The fourth-order valence-electron chi connectivity index (χ4n) is 1.92. The third-order valence-corrected chi connectivity index (χ3v) is 2.93. The first-order chi connectivity index (χ1) is 7.24. The van der Waals surface area contributed by atoms with Crippen molar-refractivity contribution in [2.45, 2.75) is 13.5 Å². The Morgan fingerprint density at radius 2 is 1.93 bits per heavy atom. The van der Waals surface area contributed by atoms with Gasteiger partial charge in [0.2, 0.25) is 0 Å². The first-order valence-corrected chi connectivity index (χ1v) is 5.57. The summed E-state index contributed by atoms with van der Waals surface area (Å²) in [6.07, 6.45) is 0. The highest BCUT2D eigenvalue weighted by atomic mass is 15.2. The number of piperazine rings is 1. The molecule has 0 aliphatic carbocycles. The Balaban J connectivity index is 1.92. The lowest BCUT2D eigenvalue weighted by molar-refractivity contribution is 0.147. The van der Waals surface area contributed by atoms with Gasteiger partial charge in [-0.2, -0.15) is 0 Å². The lowest BCUT2D eigenvalue weighted by Gasteiger charge is -2.32. The number of likely N-dealkylation sites (N-methyl/N-ethyl adjacent to an activating group) is 1. The van der Waals surface area contributed by atoms with Crippen molar-refractivity contribution in [3.8, 4) is 0 Å². The van der Waals surface area contributed by atoms with E-state index in [9.17, 15) is 0 Å². The standard InChI is InChI=1S/C12H19N3/c1-11-4-3-5-12(13-11)10-15-8-6-14(2)7-9-15/h3-5H,6-10H2,1-2H3. The lowest BCUT2D eigenvalue weighted by Crippen LogP contribution is -2.44. The average Bonchev–Trinajstić information content (AvgIpc) is 2.22. The minimum absolute atomic E-state index is 0.996. The summed E-state index contributed by atoms with van der Waals surface area (Å²) in [5.41, 5.74) is 2.31. The smallest absolute Gasteiger partial charge is 0.0547 e. The van der Waals surface area contributed by atoms with E-state index in [0.717, 1.165) is 25.3 Å². The molecule has 1 aliphatic rings. The van der Waals surface area contributed by atoms with Crippen molar-refractivity contribution in [2.24, 2.45) is 0 Å². The zero-order chi connectivity index (χ0) is 10.7. The fourth-order valence-corrected chi connectivity index (χ4v) is 1.92. The lowest BCUT2D eigenvalue weighted by atomic mass is 10.2. The number of aromatic nitrogens is 1. The van der Waals surface area contributed by atoms with Crippen LogP contribution in [0.25, 0.3) is 0 Å². The van der Waals surface area contributed by atoms with Gasteiger partial charge in [-0.05, 0) is 26.1 Å². The molecule has 2 heterocycles. The number of pyridine rings is 1. The average molecular weight is 205 g/mol. The Morgan fingerprint density at radius 3 is 2.60 bits per heavy atom. The first-order valence-electron chi connectivity index (χ1n) is 5.57. The molecule has 1 aromatic rings. The maximum Gasteiger partial charge on any atom is 0.0547 e. The maximum atomic E-state index is 4.53. The highest BCUT2D eigenvalue weighted by molar-refractivity contribution is 5.09. The van der Waals surface area contributed by atoms with Gasteiger partial charge in [0.25, 0.3) is 0 Å². The van der Waals surface area contributed by atoms with E-state index in [1.54, 1.807) is 0 Å². The second kappa shape index (κ2) is 4.73. The van der Waals surface area contributed by atoms with Gasteiger partial charge >= 0.3 is 0 Å². The second-order valence-corrected chi connectivity index (χ2v) is 4.35. The van der Waals surface area contributed by atoms with Gasteiger partial charge < -0.3 is 4.90 Å². The third kappa shape index (κ3) is 3.01. The number of nitrogens with zero attached hydrogens (tertiary/aromatic N) is 3. The van der Waals surface area contributed by atoms with E-state index in [0.29, 0.717) is 0 Å². The van der Waals surface area contributed by atoms with Gasteiger partial charge in [-0.1, -0.05) is 6.07 Å². The third-order valence-electron chi connectivity index (χ3n) is 2.93. The molecule has 0 N–H and O–H groups in total. The monoisotopic (exact) mass is 205 g/mol. The van der Waals surface area contributed by atoms with Crippen molar-refractivity contribution in [1.29, 1.82) is 0 Å². The van der Waals surface area contributed by atoms with E-state index >= 15 is 0 Å². The second-order valence-electron chi connectivity index (χ2n) is 4.35. The zero-order valence-electron chi connectivity index (χ0n) is 9.61. The summed E-state index contributed by atoms with van der Waals surface area (Å²) in [5.74, 6) is 0. The molecule has 0 atom stereocenters. The van der Waals surface area contributed by atoms with Crippen LogP contribution in [0, 0.1) is 6.92 Å². The molecule has 1 aromatic heterocycles. The van der Waals surface area contributed by atoms with Crippen LogP contribution in [0.3, 0.4) is 0 Å². The molecule has 1 fully saturated rings. The van der Waals surface area contributed by atoms with Crippen molar-refractivity contribution in [1.82, 2.24) is 14.8 Å². The van der Waals surface area contributed by atoms with E-state index in [2.05, 4.69) is 34.0 Å². The Morgan fingerprint density at radius 1 is 1.20 bits per heavy atom. The Hall–Kier alpha value is -0.930. The van der Waals surface area contributed by atoms with E-state index < -0.39 is 0 Å². The van der Waals surface area contributed by atoms with E-state index in [1.165, 1.54) is 18.8 Å². The van der Waals surface area contributed by atoms with Crippen molar-refractivity contribution in [3.63, 3.8) is 0 Å². The largest absolute Gasteiger partial charge is 0.304 e. The van der Waals surface area contributed by atoms with Crippen molar-refractivity contribution < 1.29 is 0 Å². The summed E-state index contributed by atoms with van der Waals surface area (Å²) in [6, 6.07) is 6.26. The molecular weight excluding hydrogens is 186 g/mol. The summed E-state index contributed by atoms with van der Waals surface area (Å²) in [6.45, 7) is 7.71. The van der Waals surface area contributed by atoms with Gasteiger partial charge in [0, 0.05) is 38.4 Å². The molecule has 82 valence electrons. The predicted octanol–water partition coefficient (Wildman–Crippen LogP) is 1.14. The van der Waals surface area contributed by atoms with Crippen molar-refractivity contribution >= 4 is 0 Å². The Bertz CT molecular complexity index is 316. The number of hydrogen-bond donors (Lipinski definition) is 0. The predicted molar refractivity (Wildman–Crippen MR) is 61.7 cm³/mol. The van der Waals surface area contributed by atoms with Crippen LogP contribution in [0.5, 0.6) is 0 Å². The molecule has 0 radical (unpaired) electrons. The van der Waals surface area contributed by atoms with E-state index in [4.69, 9.17) is 0 Å². The van der Waals surface area contributed by atoms with Crippen molar-refractivity contribution in [3.05, 3.63) is 29.6 Å². The van der Waals surface area contributed by atoms with Gasteiger partial charge in [-0.3, -0.25) is 9.88 Å². The number of rotatable bonds is 2. The minimum Gasteiger partial charge on any atom is -0.304 e. The van der Waals surface area contributed by atoms with Crippen LogP contribution in [0.4, 0.5) is 0 Å². The minimum atomic E-state index is 0.996. The molecule has 0 bridgehead atoms. The molecule has 1 saturated heterocycles. The Kier molecular flexibility index (Phi) is 3.34. The van der Waals surface area contributed by atoms with Crippen LogP contribution in [-0.4, -0.2) is 48.0 Å². The van der Waals surface area contributed by atoms with E-state index in [-0.39, 0.29) is 0 Å². The van der Waals surface area contributed by atoms with Gasteiger partial charge in [-0.25, -0.2) is 0 Å². The van der Waals surface area contributed by atoms with Gasteiger partial charge in [0.05, 0.1) is 5.69 Å². The molecule has 2 rings (SSSR count). The summed E-state index contributed by atoms with van der Waals surface area (Å²) >= 11 is 0. The molecule has 3 nitrogen and oxygen atoms in total. The first kappa shape index (κ1) is 10.6. The highest BCUT2D eigenvalue weighted by Gasteiger charge is 2.13. The molecule has 3 heteroatoms. The van der Waals surface area contributed by atoms with Crippen LogP contribution >= 0.6 is 0 Å².